The Morgan fingerprint density at radius 1 is 1.11 bits per heavy atom. The van der Waals surface area contributed by atoms with E-state index in [4.69, 9.17) is 0 Å². The van der Waals surface area contributed by atoms with Crippen molar-refractivity contribution in [1.29, 1.82) is 0 Å². The number of anilines is 1. The van der Waals surface area contributed by atoms with Crippen molar-refractivity contribution in [2.24, 2.45) is 0 Å². The highest BCUT2D eigenvalue weighted by Crippen LogP contribution is 2.38. The second-order valence-electron chi connectivity index (χ2n) is 6.49. The molecule has 1 aliphatic rings. The maximum Gasteiger partial charge on any atom is 0.270 e. The number of fused-ring (bicyclic) bond motifs is 4. The van der Waals surface area contributed by atoms with Gasteiger partial charge in [0.05, 0.1) is 15.5 Å². The van der Waals surface area contributed by atoms with E-state index in [1.807, 2.05) is 12.1 Å². The van der Waals surface area contributed by atoms with E-state index in [1.54, 1.807) is 12.1 Å². The summed E-state index contributed by atoms with van der Waals surface area (Å²) in [5.41, 5.74) is 3.39. The number of amides is 1. The molecule has 0 saturated carbocycles. The van der Waals surface area contributed by atoms with Crippen LogP contribution >= 0.6 is 22.7 Å². The first-order chi connectivity index (χ1) is 13.6. The van der Waals surface area contributed by atoms with Crippen LogP contribution in [0.15, 0.2) is 48.5 Å². The van der Waals surface area contributed by atoms with E-state index in [0.29, 0.717) is 15.4 Å². The molecule has 2 aromatic heterocycles. The third-order valence-corrected chi connectivity index (χ3v) is 6.89. The number of carbonyl (C=O) groups excluding carboxylic acids is 1. The molecule has 138 valence electrons. The van der Waals surface area contributed by atoms with E-state index in [1.165, 1.54) is 45.2 Å². The summed E-state index contributed by atoms with van der Waals surface area (Å²) in [5, 5.41) is 15.1. The van der Waals surface area contributed by atoms with E-state index in [0.717, 1.165) is 28.8 Å². The largest absolute Gasteiger partial charge is 0.297 e. The number of rotatable bonds is 3. The van der Waals surface area contributed by atoms with E-state index < -0.39 is 4.92 Å². The second kappa shape index (κ2) is 6.50. The first kappa shape index (κ1) is 17.0. The van der Waals surface area contributed by atoms with Gasteiger partial charge in [0, 0.05) is 32.7 Å². The molecule has 0 spiro atoms. The zero-order chi connectivity index (χ0) is 19.3. The standard InChI is InChI=1S/C20H13N3O3S2/c24-19(17-10-12-9-13(23(25)26)6-8-15(12)27-17)22-20-21-18-14-4-2-1-3-11(14)5-7-16(18)28-20/h1-4,6,8-10H,5,7H2,(H,21,22,24). The number of carbonyl (C=O) groups is 1. The Morgan fingerprint density at radius 3 is 2.82 bits per heavy atom. The number of nitrogens with zero attached hydrogens (tertiary/aromatic N) is 2. The number of benzene rings is 2. The summed E-state index contributed by atoms with van der Waals surface area (Å²) in [7, 11) is 0. The van der Waals surface area contributed by atoms with Crippen LogP contribution < -0.4 is 5.32 Å². The van der Waals surface area contributed by atoms with Gasteiger partial charge in [0.25, 0.3) is 11.6 Å². The Balaban J connectivity index is 1.43. The fourth-order valence-electron chi connectivity index (χ4n) is 3.42. The summed E-state index contributed by atoms with van der Waals surface area (Å²) in [6, 6.07) is 14.5. The van der Waals surface area contributed by atoms with Crippen molar-refractivity contribution in [3.63, 3.8) is 0 Å². The molecule has 1 amide bonds. The van der Waals surface area contributed by atoms with Crippen LogP contribution in [-0.2, 0) is 12.8 Å². The van der Waals surface area contributed by atoms with Gasteiger partial charge in [-0.15, -0.1) is 22.7 Å². The van der Waals surface area contributed by atoms with Crippen molar-refractivity contribution < 1.29 is 9.72 Å². The van der Waals surface area contributed by atoms with Gasteiger partial charge < -0.3 is 0 Å². The van der Waals surface area contributed by atoms with Gasteiger partial charge in [0.1, 0.15) is 0 Å². The SMILES string of the molecule is O=C(Nc1nc2c(s1)CCc1ccccc1-2)c1cc2cc([N+](=O)[O-])ccc2s1. The lowest BCUT2D eigenvalue weighted by molar-refractivity contribution is -0.384. The van der Waals surface area contributed by atoms with Crippen molar-refractivity contribution >= 4 is 49.5 Å². The topological polar surface area (TPSA) is 85.1 Å². The van der Waals surface area contributed by atoms with Gasteiger partial charge in [-0.3, -0.25) is 20.2 Å². The molecule has 0 aliphatic heterocycles. The maximum atomic E-state index is 12.7. The first-order valence-electron chi connectivity index (χ1n) is 8.66. The van der Waals surface area contributed by atoms with Crippen LogP contribution in [0.25, 0.3) is 21.3 Å². The van der Waals surface area contributed by atoms with Crippen LogP contribution in [0.2, 0.25) is 0 Å². The zero-order valence-corrected chi connectivity index (χ0v) is 16.1. The molecule has 8 heteroatoms. The molecule has 2 aromatic carbocycles. The Kier molecular flexibility index (Phi) is 3.96. The minimum Gasteiger partial charge on any atom is -0.297 e. The average molecular weight is 407 g/mol. The second-order valence-corrected chi connectivity index (χ2v) is 8.66. The molecular formula is C20H13N3O3S2. The Bertz CT molecular complexity index is 1260. The van der Waals surface area contributed by atoms with Gasteiger partial charge in [-0.2, -0.15) is 0 Å². The highest BCUT2D eigenvalue weighted by atomic mass is 32.1. The highest BCUT2D eigenvalue weighted by Gasteiger charge is 2.22. The molecule has 1 N–H and O–H groups in total. The van der Waals surface area contributed by atoms with Crippen molar-refractivity contribution in [3.05, 3.63) is 74.0 Å². The molecule has 2 heterocycles. The van der Waals surface area contributed by atoms with Crippen molar-refractivity contribution in [3.8, 4) is 11.3 Å². The smallest absolute Gasteiger partial charge is 0.270 e. The van der Waals surface area contributed by atoms with Crippen LogP contribution in [0, 0.1) is 10.1 Å². The number of aromatic nitrogens is 1. The number of hydrogen-bond donors (Lipinski definition) is 1. The van der Waals surface area contributed by atoms with Crippen LogP contribution in [0.1, 0.15) is 20.1 Å². The molecule has 4 aromatic rings. The van der Waals surface area contributed by atoms with E-state index in [9.17, 15) is 14.9 Å². The lowest BCUT2D eigenvalue weighted by Crippen LogP contribution is -2.09. The molecule has 0 bridgehead atoms. The molecule has 6 nitrogen and oxygen atoms in total. The number of nitro groups is 1. The van der Waals surface area contributed by atoms with Crippen LogP contribution in [0.5, 0.6) is 0 Å². The predicted molar refractivity (Wildman–Crippen MR) is 111 cm³/mol. The fraction of sp³-hybridized carbons (Fsp3) is 0.100. The Labute approximate surface area is 167 Å². The van der Waals surface area contributed by atoms with Crippen LogP contribution in [0.4, 0.5) is 10.8 Å². The monoisotopic (exact) mass is 407 g/mol. The third kappa shape index (κ3) is 2.87. The average Bonchev–Trinajstić information content (AvgIpc) is 3.31. The van der Waals surface area contributed by atoms with Crippen molar-refractivity contribution in [2.75, 3.05) is 5.32 Å². The number of thiazole rings is 1. The Hall–Kier alpha value is -3.10. The predicted octanol–water partition coefficient (Wildman–Crippen LogP) is 5.28. The van der Waals surface area contributed by atoms with Gasteiger partial charge in [-0.25, -0.2) is 4.98 Å². The van der Waals surface area contributed by atoms with E-state index >= 15 is 0 Å². The fourth-order valence-corrected chi connectivity index (χ4v) is 5.33. The molecule has 5 rings (SSSR count). The van der Waals surface area contributed by atoms with Crippen LogP contribution in [-0.4, -0.2) is 15.8 Å². The third-order valence-electron chi connectivity index (χ3n) is 4.75. The lowest BCUT2D eigenvalue weighted by atomic mass is 9.94. The van der Waals surface area contributed by atoms with Gasteiger partial charge in [-0.05, 0) is 30.5 Å². The van der Waals surface area contributed by atoms with Gasteiger partial charge in [0.2, 0.25) is 0 Å². The molecule has 0 fully saturated rings. The van der Waals surface area contributed by atoms with Gasteiger partial charge in [-0.1, -0.05) is 24.3 Å². The quantitative estimate of drug-likeness (QED) is 0.370. The summed E-state index contributed by atoms with van der Waals surface area (Å²) in [5.74, 6) is -0.247. The summed E-state index contributed by atoms with van der Waals surface area (Å²) in [6.07, 6.45) is 1.90. The first-order valence-corrected chi connectivity index (χ1v) is 10.3. The number of non-ortho nitro benzene ring substituents is 1. The summed E-state index contributed by atoms with van der Waals surface area (Å²) in [6.45, 7) is 0. The summed E-state index contributed by atoms with van der Waals surface area (Å²) >= 11 is 2.82. The molecule has 28 heavy (non-hydrogen) atoms. The molecule has 0 saturated heterocycles. The lowest BCUT2D eigenvalue weighted by Gasteiger charge is -2.13. The molecule has 0 radical (unpaired) electrons. The molecule has 0 unspecified atom stereocenters. The number of thiophene rings is 1. The van der Waals surface area contributed by atoms with Crippen molar-refractivity contribution in [2.45, 2.75) is 12.8 Å². The molecule has 1 aliphatic carbocycles. The van der Waals surface area contributed by atoms with Crippen LogP contribution in [0.3, 0.4) is 0 Å². The number of hydrogen-bond acceptors (Lipinski definition) is 6. The van der Waals surface area contributed by atoms with Crippen molar-refractivity contribution in [1.82, 2.24) is 4.98 Å². The van der Waals surface area contributed by atoms with Gasteiger partial charge in [0.15, 0.2) is 5.13 Å². The normalized spacial score (nSPS) is 12.4. The van der Waals surface area contributed by atoms with E-state index in [-0.39, 0.29) is 11.6 Å². The molecule has 0 atom stereocenters. The zero-order valence-electron chi connectivity index (χ0n) is 14.5. The minimum absolute atomic E-state index is 0.0172. The minimum atomic E-state index is -0.436. The van der Waals surface area contributed by atoms with Gasteiger partial charge >= 0.3 is 0 Å². The number of nitro benzene ring substituents is 1. The highest BCUT2D eigenvalue weighted by molar-refractivity contribution is 7.21. The Morgan fingerprint density at radius 2 is 1.96 bits per heavy atom. The van der Waals surface area contributed by atoms with E-state index in [2.05, 4.69) is 22.4 Å². The number of nitrogens with one attached hydrogen (secondary N) is 1. The maximum absolute atomic E-state index is 12.7. The summed E-state index contributed by atoms with van der Waals surface area (Å²) < 4.78 is 0.836. The number of aryl methyl sites for hydroxylation is 2. The molecular weight excluding hydrogens is 394 g/mol. The summed E-state index contributed by atoms with van der Waals surface area (Å²) in [4.78, 5) is 29.5.